The van der Waals surface area contributed by atoms with Crippen LogP contribution in [0.3, 0.4) is 0 Å². The van der Waals surface area contributed by atoms with Crippen molar-refractivity contribution in [1.29, 1.82) is 0 Å². The highest BCUT2D eigenvalue weighted by Crippen LogP contribution is 2.22. The molecule has 1 saturated carbocycles. The molecule has 3 rings (SSSR count). The fourth-order valence-corrected chi connectivity index (χ4v) is 5.45. The third-order valence-corrected chi connectivity index (χ3v) is 7.71. The maximum atomic E-state index is 13.7. The van der Waals surface area contributed by atoms with Crippen molar-refractivity contribution in [3.63, 3.8) is 0 Å². The maximum absolute atomic E-state index is 13.7. The van der Waals surface area contributed by atoms with Crippen LogP contribution in [0.5, 0.6) is 5.75 Å². The SMILES string of the molecule is CC[C@@H](C(=O)NC1CCCCC1)N(Cc1ccc(OC)cc1)C(=O)CN(c1ccccc1)S(C)(=O)=O. The number of nitrogens with one attached hydrogen (secondary N) is 1. The quantitative estimate of drug-likeness (QED) is 0.492. The first kappa shape index (κ1) is 27.5. The summed E-state index contributed by atoms with van der Waals surface area (Å²) in [7, 11) is -2.15. The Morgan fingerprint density at radius 3 is 2.22 bits per heavy atom. The second-order valence-electron chi connectivity index (χ2n) is 9.24. The second kappa shape index (κ2) is 12.8. The summed E-state index contributed by atoms with van der Waals surface area (Å²) >= 11 is 0. The number of methoxy groups -OCH3 is 1. The van der Waals surface area contributed by atoms with Crippen LogP contribution in [0.4, 0.5) is 5.69 Å². The Bertz CT molecular complexity index is 1100. The number of amides is 2. The van der Waals surface area contributed by atoms with E-state index in [1.54, 1.807) is 49.6 Å². The van der Waals surface area contributed by atoms with Gasteiger partial charge >= 0.3 is 0 Å². The highest BCUT2D eigenvalue weighted by atomic mass is 32.2. The van der Waals surface area contributed by atoms with E-state index in [2.05, 4.69) is 5.32 Å². The molecule has 1 fully saturated rings. The normalized spacial score (nSPS) is 15.1. The molecule has 1 N–H and O–H groups in total. The van der Waals surface area contributed by atoms with Gasteiger partial charge in [-0.05, 0) is 49.1 Å². The van der Waals surface area contributed by atoms with E-state index in [-0.39, 0.29) is 18.5 Å². The van der Waals surface area contributed by atoms with E-state index in [1.165, 1.54) is 11.3 Å². The number of sulfonamides is 1. The van der Waals surface area contributed by atoms with Crippen molar-refractivity contribution in [3.8, 4) is 5.75 Å². The lowest BCUT2D eigenvalue weighted by Gasteiger charge is -2.34. The minimum atomic E-state index is -3.74. The molecule has 2 amide bonds. The fraction of sp³-hybridized carbons (Fsp3) is 0.481. The lowest BCUT2D eigenvalue weighted by molar-refractivity contribution is -0.140. The highest BCUT2D eigenvalue weighted by Gasteiger charge is 2.32. The summed E-state index contributed by atoms with van der Waals surface area (Å²) < 4.78 is 31.6. The second-order valence-corrected chi connectivity index (χ2v) is 11.1. The summed E-state index contributed by atoms with van der Waals surface area (Å²) in [5, 5.41) is 3.14. The molecule has 9 heteroatoms. The van der Waals surface area contributed by atoms with Gasteiger partial charge in [-0.2, -0.15) is 0 Å². The molecule has 1 atom stereocenters. The zero-order valence-electron chi connectivity index (χ0n) is 21.4. The van der Waals surface area contributed by atoms with Crippen LogP contribution in [0.1, 0.15) is 51.0 Å². The van der Waals surface area contributed by atoms with Crippen molar-refractivity contribution in [2.45, 2.75) is 64.1 Å². The predicted molar refractivity (Wildman–Crippen MR) is 141 cm³/mol. The average molecular weight is 516 g/mol. The van der Waals surface area contributed by atoms with E-state index in [1.807, 2.05) is 19.1 Å². The zero-order chi connectivity index (χ0) is 26.1. The molecule has 2 aromatic carbocycles. The molecule has 36 heavy (non-hydrogen) atoms. The molecular formula is C27H37N3O5S. The molecule has 1 aliphatic rings. The average Bonchev–Trinajstić information content (AvgIpc) is 2.87. The zero-order valence-corrected chi connectivity index (χ0v) is 22.2. The van der Waals surface area contributed by atoms with Crippen molar-refractivity contribution in [2.24, 2.45) is 0 Å². The molecule has 196 valence electrons. The van der Waals surface area contributed by atoms with Crippen LogP contribution < -0.4 is 14.4 Å². The standard InChI is InChI=1S/C27H37N3O5S/c1-4-25(27(32)28-22-11-7-5-8-12-22)29(19-21-15-17-24(35-2)18-16-21)26(31)20-30(36(3,33)34)23-13-9-6-10-14-23/h6,9-10,13-18,22,25H,4-5,7-8,11-12,19-20H2,1-3H3,(H,28,32)/t25-/m0/s1. The van der Waals surface area contributed by atoms with E-state index >= 15 is 0 Å². The first-order valence-electron chi connectivity index (χ1n) is 12.5. The Hall–Kier alpha value is -3.07. The first-order valence-corrected chi connectivity index (χ1v) is 14.3. The van der Waals surface area contributed by atoms with Crippen LogP contribution in [0.25, 0.3) is 0 Å². The van der Waals surface area contributed by atoms with Gasteiger partial charge in [-0.1, -0.05) is 56.5 Å². The van der Waals surface area contributed by atoms with Gasteiger partial charge in [0.2, 0.25) is 21.8 Å². The number of para-hydroxylation sites is 1. The van der Waals surface area contributed by atoms with E-state index in [0.717, 1.165) is 41.8 Å². The van der Waals surface area contributed by atoms with Gasteiger partial charge in [-0.15, -0.1) is 0 Å². The van der Waals surface area contributed by atoms with Crippen molar-refractivity contribution in [2.75, 3.05) is 24.2 Å². The number of anilines is 1. The third-order valence-electron chi connectivity index (χ3n) is 6.57. The van der Waals surface area contributed by atoms with Gasteiger partial charge in [0.05, 0.1) is 19.1 Å². The number of carbonyl (C=O) groups excluding carboxylic acids is 2. The topological polar surface area (TPSA) is 96.0 Å². The number of rotatable bonds is 11. The van der Waals surface area contributed by atoms with Crippen LogP contribution in [0.2, 0.25) is 0 Å². The van der Waals surface area contributed by atoms with E-state index < -0.39 is 28.5 Å². The summed E-state index contributed by atoms with van der Waals surface area (Å²) in [6.07, 6.45) is 6.69. The van der Waals surface area contributed by atoms with Crippen LogP contribution in [0.15, 0.2) is 54.6 Å². The van der Waals surface area contributed by atoms with Crippen LogP contribution in [-0.4, -0.2) is 57.1 Å². The molecule has 2 aromatic rings. The Labute approximate surface area is 214 Å². The molecule has 8 nitrogen and oxygen atoms in total. The Kier molecular flexibility index (Phi) is 9.75. The molecule has 0 aromatic heterocycles. The van der Waals surface area contributed by atoms with E-state index in [9.17, 15) is 18.0 Å². The molecule has 0 heterocycles. The lowest BCUT2D eigenvalue weighted by atomic mass is 9.95. The Morgan fingerprint density at radius 2 is 1.67 bits per heavy atom. The van der Waals surface area contributed by atoms with Gasteiger partial charge in [0.25, 0.3) is 0 Å². The van der Waals surface area contributed by atoms with Gasteiger partial charge < -0.3 is 15.0 Å². The summed E-state index contributed by atoms with van der Waals surface area (Å²) in [6.45, 7) is 1.64. The molecule has 0 radical (unpaired) electrons. The van der Waals surface area contributed by atoms with Crippen LogP contribution in [-0.2, 0) is 26.2 Å². The molecule has 0 bridgehead atoms. The maximum Gasteiger partial charge on any atom is 0.244 e. The summed E-state index contributed by atoms with van der Waals surface area (Å²) in [5.41, 5.74) is 1.22. The summed E-state index contributed by atoms with van der Waals surface area (Å²) in [5.74, 6) is 0.0497. The minimum Gasteiger partial charge on any atom is -0.497 e. The number of hydrogen-bond acceptors (Lipinski definition) is 5. The van der Waals surface area contributed by atoms with Gasteiger partial charge in [0.1, 0.15) is 18.3 Å². The monoisotopic (exact) mass is 515 g/mol. The van der Waals surface area contributed by atoms with Gasteiger partial charge in [-0.3, -0.25) is 13.9 Å². The first-order chi connectivity index (χ1) is 17.2. The van der Waals surface area contributed by atoms with E-state index in [4.69, 9.17) is 4.74 Å². The Morgan fingerprint density at radius 1 is 1.03 bits per heavy atom. The number of carbonyl (C=O) groups is 2. The van der Waals surface area contributed by atoms with E-state index in [0.29, 0.717) is 17.9 Å². The van der Waals surface area contributed by atoms with Gasteiger partial charge in [0, 0.05) is 12.6 Å². The highest BCUT2D eigenvalue weighted by molar-refractivity contribution is 7.92. The van der Waals surface area contributed by atoms with Crippen molar-refractivity contribution >= 4 is 27.5 Å². The number of ether oxygens (including phenoxy) is 1. The van der Waals surface area contributed by atoms with Gasteiger partial charge in [-0.25, -0.2) is 8.42 Å². The van der Waals surface area contributed by atoms with Crippen LogP contribution in [0, 0.1) is 0 Å². The van der Waals surface area contributed by atoms with Gasteiger partial charge in [0.15, 0.2) is 0 Å². The molecular weight excluding hydrogens is 478 g/mol. The predicted octanol–water partition coefficient (Wildman–Crippen LogP) is 3.72. The number of nitrogens with zero attached hydrogens (tertiary/aromatic N) is 2. The number of hydrogen-bond donors (Lipinski definition) is 1. The molecule has 0 spiro atoms. The molecule has 0 saturated heterocycles. The number of benzene rings is 2. The van der Waals surface area contributed by atoms with Crippen molar-refractivity contribution in [3.05, 3.63) is 60.2 Å². The van der Waals surface area contributed by atoms with Crippen molar-refractivity contribution < 1.29 is 22.7 Å². The summed E-state index contributed by atoms with van der Waals surface area (Å²) in [4.78, 5) is 28.6. The molecule has 0 unspecified atom stereocenters. The van der Waals surface area contributed by atoms with Crippen molar-refractivity contribution in [1.82, 2.24) is 10.2 Å². The molecule has 0 aliphatic heterocycles. The summed E-state index contributed by atoms with van der Waals surface area (Å²) in [6, 6.07) is 15.2. The van der Waals surface area contributed by atoms with Crippen LogP contribution >= 0.6 is 0 Å². The minimum absolute atomic E-state index is 0.107. The Balaban J connectivity index is 1.89. The largest absolute Gasteiger partial charge is 0.497 e. The third kappa shape index (κ3) is 7.46. The fourth-order valence-electron chi connectivity index (χ4n) is 4.60. The molecule has 1 aliphatic carbocycles. The lowest BCUT2D eigenvalue weighted by Crippen LogP contribution is -2.53. The smallest absolute Gasteiger partial charge is 0.244 e.